The quantitative estimate of drug-likeness (QED) is 0.740. The van der Waals surface area contributed by atoms with E-state index in [0.29, 0.717) is 5.82 Å². The van der Waals surface area contributed by atoms with Gasteiger partial charge in [-0.25, -0.2) is 14.1 Å². The molecule has 0 radical (unpaired) electrons. The fourth-order valence-electron chi connectivity index (χ4n) is 2.37. The molecule has 0 saturated carbocycles. The number of hydrogen-bond donors (Lipinski definition) is 0. The van der Waals surface area contributed by atoms with Crippen molar-refractivity contribution in [3.8, 4) is 5.69 Å². The van der Waals surface area contributed by atoms with Gasteiger partial charge < -0.3 is 0 Å². The lowest BCUT2D eigenvalue weighted by Crippen LogP contribution is -2.16. The van der Waals surface area contributed by atoms with Gasteiger partial charge in [0, 0.05) is 12.4 Å². The molecule has 3 aromatic rings. The first-order chi connectivity index (χ1) is 10.2. The predicted molar refractivity (Wildman–Crippen MR) is 76.7 cm³/mol. The highest BCUT2D eigenvalue weighted by Crippen LogP contribution is 2.22. The van der Waals surface area contributed by atoms with E-state index in [2.05, 4.69) is 22.1 Å². The molecule has 0 aliphatic heterocycles. The Morgan fingerprint density at radius 2 is 2.00 bits per heavy atom. The standard InChI is InChI=1S/C15H16FN5/c1-3-14(20-10-4-9-17-20)15-18-11(2)19-21(15)13-7-5-12(16)6-8-13/h4-10,14H,3H2,1-2H3. The molecule has 1 atom stereocenters. The second-order valence-electron chi connectivity index (χ2n) is 4.82. The topological polar surface area (TPSA) is 48.5 Å². The molecule has 1 aromatic carbocycles. The number of hydrogen-bond acceptors (Lipinski definition) is 3. The molecule has 0 amide bonds. The van der Waals surface area contributed by atoms with E-state index < -0.39 is 0 Å². The summed E-state index contributed by atoms with van der Waals surface area (Å²) in [6, 6.07) is 8.11. The monoisotopic (exact) mass is 285 g/mol. The molecule has 2 aromatic heterocycles. The molecule has 1 unspecified atom stereocenters. The van der Waals surface area contributed by atoms with Crippen LogP contribution in [0.15, 0.2) is 42.7 Å². The Morgan fingerprint density at radius 3 is 2.62 bits per heavy atom. The van der Waals surface area contributed by atoms with Crippen LogP contribution in [-0.2, 0) is 0 Å². The molecule has 0 fully saturated rings. The summed E-state index contributed by atoms with van der Waals surface area (Å²) < 4.78 is 16.7. The minimum Gasteiger partial charge on any atom is -0.262 e. The molecule has 3 rings (SSSR count). The van der Waals surface area contributed by atoms with Gasteiger partial charge in [-0.2, -0.15) is 10.2 Å². The summed E-state index contributed by atoms with van der Waals surface area (Å²) in [6.07, 6.45) is 4.49. The first kappa shape index (κ1) is 13.5. The van der Waals surface area contributed by atoms with Gasteiger partial charge in [-0.15, -0.1) is 0 Å². The Morgan fingerprint density at radius 1 is 1.24 bits per heavy atom. The first-order valence-electron chi connectivity index (χ1n) is 6.87. The fraction of sp³-hybridized carbons (Fsp3) is 0.267. The van der Waals surface area contributed by atoms with Crippen molar-refractivity contribution in [3.63, 3.8) is 0 Å². The van der Waals surface area contributed by atoms with E-state index in [1.807, 2.05) is 23.9 Å². The van der Waals surface area contributed by atoms with Crippen LogP contribution >= 0.6 is 0 Å². The van der Waals surface area contributed by atoms with Crippen molar-refractivity contribution in [2.75, 3.05) is 0 Å². The van der Waals surface area contributed by atoms with Crippen LogP contribution in [0, 0.1) is 12.7 Å². The Balaban J connectivity index is 2.08. The van der Waals surface area contributed by atoms with Crippen molar-refractivity contribution in [3.05, 3.63) is 60.2 Å². The Hall–Kier alpha value is -2.50. The molecule has 5 nitrogen and oxygen atoms in total. The van der Waals surface area contributed by atoms with Crippen LogP contribution in [0.5, 0.6) is 0 Å². The van der Waals surface area contributed by atoms with Crippen LogP contribution in [0.4, 0.5) is 4.39 Å². The van der Waals surface area contributed by atoms with Crippen LogP contribution in [0.25, 0.3) is 5.69 Å². The van der Waals surface area contributed by atoms with Gasteiger partial charge in [0.25, 0.3) is 0 Å². The van der Waals surface area contributed by atoms with Gasteiger partial charge in [0.05, 0.1) is 5.69 Å². The number of nitrogens with zero attached hydrogens (tertiary/aromatic N) is 5. The van der Waals surface area contributed by atoms with Gasteiger partial charge in [-0.05, 0) is 43.7 Å². The third-order valence-corrected chi connectivity index (χ3v) is 3.34. The van der Waals surface area contributed by atoms with E-state index in [-0.39, 0.29) is 11.9 Å². The lowest BCUT2D eigenvalue weighted by atomic mass is 10.2. The van der Waals surface area contributed by atoms with Crippen molar-refractivity contribution in [1.82, 2.24) is 24.5 Å². The van der Waals surface area contributed by atoms with Crippen molar-refractivity contribution < 1.29 is 4.39 Å². The molecular weight excluding hydrogens is 269 g/mol. The summed E-state index contributed by atoms with van der Waals surface area (Å²) in [6.45, 7) is 3.92. The number of rotatable bonds is 4. The summed E-state index contributed by atoms with van der Waals surface area (Å²) in [7, 11) is 0. The normalized spacial score (nSPS) is 12.5. The Labute approximate surface area is 122 Å². The molecule has 21 heavy (non-hydrogen) atoms. The Kier molecular flexibility index (Phi) is 3.51. The van der Waals surface area contributed by atoms with Crippen LogP contribution in [0.3, 0.4) is 0 Å². The highest BCUT2D eigenvalue weighted by Gasteiger charge is 2.20. The third-order valence-electron chi connectivity index (χ3n) is 3.34. The van der Waals surface area contributed by atoms with E-state index in [9.17, 15) is 4.39 Å². The number of aromatic nitrogens is 5. The molecular formula is C15H16FN5. The molecule has 0 aliphatic carbocycles. The van der Waals surface area contributed by atoms with E-state index in [1.54, 1.807) is 23.0 Å². The largest absolute Gasteiger partial charge is 0.262 e. The lowest BCUT2D eigenvalue weighted by Gasteiger charge is -2.16. The molecule has 0 spiro atoms. The van der Waals surface area contributed by atoms with E-state index >= 15 is 0 Å². The highest BCUT2D eigenvalue weighted by molar-refractivity contribution is 5.32. The molecule has 0 aliphatic rings. The SMILES string of the molecule is CCC(c1nc(C)nn1-c1ccc(F)cc1)n1cccn1. The summed E-state index contributed by atoms with van der Waals surface area (Å²) >= 11 is 0. The van der Waals surface area contributed by atoms with Gasteiger partial charge in [0.2, 0.25) is 0 Å². The van der Waals surface area contributed by atoms with Gasteiger partial charge in [-0.3, -0.25) is 4.68 Å². The number of halogens is 1. The predicted octanol–water partition coefficient (Wildman–Crippen LogP) is 2.91. The fourth-order valence-corrected chi connectivity index (χ4v) is 2.37. The second kappa shape index (κ2) is 5.47. The number of benzene rings is 1. The molecule has 6 heteroatoms. The average Bonchev–Trinajstić information content (AvgIpc) is 3.11. The first-order valence-corrected chi connectivity index (χ1v) is 6.87. The zero-order valence-electron chi connectivity index (χ0n) is 11.9. The molecule has 0 bridgehead atoms. The highest BCUT2D eigenvalue weighted by atomic mass is 19.1. The van der Waals surface area contributed by atoms with Gasteiger partial charge in [0.15, 0.2) is 5.82 Å². The summed E-state index contributed by atoms with van der Waals surface area (Å²) in [4.78, 5) is 4.53. The maximum Gasteiger partial charge on any atom is 0.157 e. The van der Waals surface area contributed by atoms with Gasteiger partial charge in [0.1, 0.15) is 17.7 Å². The maximum absolute atomic E-state index is 13.1. The van der Waals surface area contributed by atoms with Crippen LogP contribution < -0.4 is 0 Å². The van der Waals surface area contributed by atoms with Crippen molar-refractivity contribution in [1.29, 1.82) is 0 Å². The number of aryl methyl sites for hydroxylation is 1. The molecule has 0 N–H and O–H groups in total. The zero-order valence-corrected chi connectivity index (χ0v) is 11.9. The van der Waals surface area contributed by atoms with E-state index in [1.165, 1.54) is 12.1 Å². The minimum absolute atomic E-state index is 0.00810. The van der Waals surface area contributed by atoms with Crippen molar-refractivity contribution in [2.45, 2.75) is 26.3 Å². The van der Waals surface area contributed by atoms with E-state index in [0.717, 1.165) is 17.9 Å². The smallest absolute Gasteiger partial charge is 0.157 e. The zero-order chi connectivity index (χ0) is 14.8. The molecule has 2 heterocycles. The third kappa shape index (κ3) is 2.56. The van der Waals surface area contributed by atoms with Crippen LogP contribution in [0.1, 0.15) is 31.0 Å². The van der Waals surface area contributed by atoms with Gasteiger partial charge >= 0.3 is 0 Å². The van der Waals surface area contributed by atoms with E-state index in [4.69, 9.17) is 0 Å². The van der Waals surface area contributed by atoms with Crippen molar-refractivity contribution in [2.24, 2.45) is 0 Å². The lowest BCUT2D eigenvalue weighted by molar-refractivity contribution is 0.474. The Bertz CT molecular complexity index is 715. The van der Waals surface area contributed by atoms with Crippen LogP contribution in [0.2, 0.25) is 0 Å². The maximum atomic E-state index is 13.1. The minimum atomic E-state index is -0.267. The summed E-state index contributed by atoms with van der Waals surface area (Å²) in [5, 5.41) is 8.73. The average molecular weight is 285 g/mol. The van der Waals surface area contributed by atoms with Crippen molar-refractivity contribution >= 4 is 0 Å². The van der Waals surface area contributed by atoms with Crippen LogP contribution in [-0.4, -0.2) is 24.5 Å². The summed E-state index contributed by atoms with van der Waals surface area (Å²) in [5.41, 5.74) is 0.789. The molecule has 0 saturated heterocycles. The summed E-state index contributed by atoms with van der Waals surface area (Å²) in [5.74, 6) is 1.21. The van der Waals surface area contributed by atoms with Gasteiger partial charge in [-0.1, -0.05) is 6.92 Å². The second-order valence-corrected chi connectivity index (χ2v) is 4.82. The molecule has 108 valence electrons.